The zero-order valence-electron chi connectivity index (χ0n) is 12.0. The van der Waals surface area contributed by atoms with Gasteiger partial charge in [0, 0.05) is 0 Å². The standard InChI is InChI=1S/C15H24O2S/c1-6-12(5)18(16,17)15-9-8-14(11(3)4)10-13(15)7-2/h8-12H,6-7H2,1-5H3. The molecule has 2 nitrogen and oxygen atoms in total. The van der Waals surface area contributed by atoms with Gasteiger partial charge in [0.25, 0.3) is 0 Å². The zero-order valence-corrected chi connectivity index (χ0v) is 12.8. The molecular weight excluding hydrogens is 244 g/mol. The highest BCUT2D eigenvalue weighted by Crippen LogP contribution is 2.26. The first kappa shape index (κ1) is 15.2. The van der Waals surface area contributed by atoms with Crippen LogP contribution in [0.15, 0.2) is 23.1 Å². The average Bonchev–Trinajstić information content (AvgIpc) is 2.36. The Balaban J connectivity index is 3.34. The molecule has 1 aromatic rings. The van der Waals surface area contributed by atoms with Crippen LogP contribution in [0.5, 0.6) is 0 Å². The van der Waals surface area contributed by atoms with Gasteiger partial charge in [0.05, 0.1) is 10.1 Å². The summed E-state index contributed by atoms with van der Waals surface area (Å²) in [6.45, 7) is 9.95. The lowest BCUT2D eigenvalue weighted by Gasteiger charge is -2.16. The van der Waals surface area contributed by atoms with Crippen LogP contribution >= 0.6 is 0 Å². The van der Waals surface area contributed by atoms with Gasteiger partial charge in [0.2, 0.25) is 0 Å². The van der Waals surface area contributed by atoms with Crippen molar-refractivity contribution in [1.82, 2.24) is 0 Å². The summed E-state index contributed by atoms with van der Waals surface area (Å²) in [6.07, 6.45) is 1.41. The van der Waals surface area contributed by atoms with E-state index in [4.69, 9.17) is 0 Å². The molecule has 1 aromatic carbocycles. The number of hydrogen-bond acceptors (Lipinski definition) is 2. The molecule has 0 heterocycles. The van der Waals surface area contributed by atoms with E-state index in [2.05, 4.69) is 13.8 Å². The second-order valence-corrected chi connectivity index (χ2v) is 7.47. The number of aryl methyl sites for hydroxylation is 1. The Morgan fingerprint density at radius 3 is 2.17 bits per heavy atom. The molecule has 1 rings (SSSR count). The van der Waals surface area contributed by atoms with Crippen LogP contribution in [0.1, 0.15) is 58.1 Å². The lowest BCUT2D eigenvalue weighted by molar-refractivity contribution is 0.580. The lowest BCUT2D eigenvalue weighted by Crippen LogP contribution is -2.18. The molecule has 0 bridgehead atoms. The quantitative estimate of drug-likeness (QED) is 0.810. The smallest absolute Gasteiger partial charge is 0.181 e. The van der Waals surface area contributed by atoms with E-state index < -0.39 is 9.84 Å². The summed E-state index contributed by atoms with van der Waals surface area (Å²) >= 11 is 0. The van der Waals surface area contributed by atoms with Crippen molar-refractivity contribution in [2.45, 2.75) is 63.5 Å². The monoisotopic (exact) mass is 268 g/mol. The summed E-state index contributed by atoms with van der Waals surface area (Å²) in [4.78, 5) is 0.517. The van der Waals surface area contributed by atoms with Gasteiger partial charge in [-0.15, -0.1) is 0 Å². The van der Waals surface area contributed by atoms with Gasteiger partial charge in [0.1, 0.15) is 0 Å². The van der Waals surface area contributed by atoms with E-state index in [1.54, 1.807) is 13.0 Å². The fraction of sp³-hybridized carbons (Fsp3) is 0.600. The number of hydrogen-bond donors (Lipinski definition) is 0. The molecule has 0 N–H and O–H groups in total. The molecule has 102 valence electrons. The van der Waals surface area contributed by atoms with Crippen LogP contribution in [-0.4, -0.2) is 13.7 Å². The van der Waals surface area contributed by atoms with Gasteiger partial charge in [-0.2, -0.15) is 0 Å². The molecule has 1 atom stereocenters. The molecule has 0 aliphatic rings. The Hall–Kier alpha value is -0.830. The van der Waals surface area contributed by atoms with Gasteiger partial charge in [-0.3, -0.25) is 0 Å². The third kappa shape index (κ3) is 2.94. The van der Waals surface area contributed by atoms with E-state index >= 15 is 0 Å². The predicted molar refractivity (Wildman–Crippen MR) is 76.8 cm³/mol. The molecule has 0 aromatic heterocycles. The SMILES string of the molecule is CCc1cc(C(C)C)ccc1S(=O)(=O)C(C)CC. The molecule has 1 unspecified atom stereocenters. The third-order valence-corrected chi connectivity index (χ3v) is 5.95. The van der Waals surface area contributed by atoms with E-state index in [1.165, 1.54) is 5.56 Å². The molecule has 0 radical (unpaired) electrons. The Bertz CT molecular complexity index is 501. The van der Waals surface area contributed by atoms with Crippen LogP contribution in [0.2, 0.25) is 0 Å². The highest BCUT2D eigenvalue weighted by molar-refractivity contribution is 7.92. The summed E-state index contributed by atoms with van der Waals surface area (Å²) in [5, 5.41) is -0.312. The number of sulfone groups is 1. The first-order chi connectivity index (χ1) is 8.34. The fourth-order valence-corrected chi connectivity index (χ4v) is 3.65. The van der Waals surface area contributed by atoms with Crippen molar-refractivity contribution < 1.29 is 8.42 Å². The van der Waals surface area contributed by atoms with Crippen LogP contribution in [-0.2, 0) is 16.3 Å². The summed E-state index contributed by atoms with van der Waals surface area (Å²) in [7, 11) is -3.17. The van der Waals surface area contributed by atoms with Crippen LogP contribution in [0, 0.1) is 0 Å². The van der Waals surface area contributed by atoms with Crippen LogP contribution in [0.4, 0.5) is 0 Å². The Kier molecular flexibility index (Phi) is 4.97. The number of benzene rings is 1. The predicted octanol–water partition coefficient (Wildman–Crippen LogP) is 3.94. The Labute approximate surface area is 111 Å². The van der Waals surface area contributed by atoms with E-state index in [-0.39, 0.29) is 5.25 Å². The second-order valence-electron chi connectivity index (χ2n) is 5.14. The summed E-state index contributed by atoms with van der Waals surface area (Å²) in [5.41, 5.74) is 2.15. The van der Waals surface area contributed by atoms with Gasteiger partial charge >= 0.3 is 0 Å². The van der Waals surface area contributed by atoms with E-state index in [1.807, 2.05) is 26.0 Å². The highest BCUT2D eigenvalue weighted by Gasteiger charge is 2.24. The molecular formula is C15H24O2S. The fourth-order valence-electron chi connectivity index (χ4n) is 1.95. The van der Waals surface area contributed by atoms with Crippen molar-refractivity contribution in [3.63, 3.8) is 0 Å². The topological polar surface area (TPSA) is 34.1 Å². The summed E-state index contributed by atoms with van der Waals surface area (Å²) < 4.78 is 24.8. The Morgan fingerprint density at radius 1 is 1.11 bits per heavy atom. The van der Waals surface area contributed by atoms with E-state index in [0.29, 0.717) is 17.2 Å². The molecule has 0 fully saturated rings. The number of rotatable bonds is 5. The summed E-state index contributed by atoms with van der Waals surface area (Å²) in [5.74, 6) is 0.427. The molecule has 0 spiro atoms. The molecule has 0 amide bonds. The van der Waals surface area contributed by atoms with Crippen molar-refractivity contribution >= 4 is 9.84 Å². The van der Waals surface area contributed by atoms with Gasteiger partial charge in [-0.05, 0) is 42.9 Å². The zero-order chi connectivity index (χ0) is 13.9. The van der Waals surface area contributed by atoms with Gasteiger partial charge in [0.15, 0.2) is 9.84 Å². The van der Waals surface area contributed by atoms with Crippen molar-refractivity contribution in [1.29, 1.82) is 0 Å². The molecule has 0 aliphatic carbocycles. The van der Waals surface area contributed by atoms with Crippen molar-refractivity contribution in [3.8, 4) is 0 Å². The minimum absolute atomic E-state index is 0.312. The third-order valence-electron chi connectivity index (χ3n) is 3.54. The normalized spacial score (nSPS) is 13.9. The first-order valence-electron chi connectivity index (χ1n) is 6.71. The second kappa shape index (κ2) is 5.87. The largest absolute Gasteiger partial charge is 0.223 e. The van der Waals surface area contributed by atoms with Gasteiger partial charge in [-0.25, -0.2) is 8.42 Å². The van der Waals surface area contributed by atoms with Crippen LogP contribution < -0.4 is 0 Å². The van der Waals surface area contributed by atoms with Crippen molar-refractivity contribution in [3.05, 3.63) is 29.3 Å². The molecule has 0 aliphatic heterocycles. The van der Waals surface area contributed by atoms with Crippen LogP contribution in [0.3, 0.4) is 0 Å². The van der Waals surface area contributed by atoms with E-state index in [9.17, 15) is 8.42 Å². The average molecular weight is 268 g/mol. The maximum absolute atomic E-state index is 12.4. The van der Waals surface area contributed by atoms with Gasteiger partial charge < -0.3 is 0 Å². The van der Waals surface area contributed by atoms with E-state index in [0.717, 1.165) is 12.0 Å². The molecule has 0 saturated heterocycles. The molecule has 18 heavy (non-hydrogen) atoms. The molecule has 3 heteroatoms. The highest BCUT2D eigenvalue weighted by atomic mass is 32.2. The van der Waals surface area contributed by atoms with Crippen LogP contribution in [0.25, 0.3) is 0 Å². The summed E-state index contributed by atoms with van der Waals surface area (Å²) in [6, 6.07) is 5.77. The first-order valence-corrected chi connectivity index (χ1v) is 8.25. The minimum Gasteiger partial charge on any atom is -0.223 e. The minimum atomic E-state index is -3.17. The lowest BCUT2D eigenvalue weighted by atomic mass is 10.00. The van der Waals surface area contributed by atoms with Gasteiger partial charge in [-0.1, -0.05) is 39.8 Å². The maximum atomic E-state index is 12.4. The Morgan fingerprint density at radius 2 is 1.72 bits per heavy atom. The maximum Gasteiger partial charge on any atom is 0.181 e. The molecule has 0 saturated carbocycles. The van der Waals surface area contributed by atoms with Crippen molar-refractivity contribution in [2.75, 3.05) is 0 Å². The van der Waals surface area contributed by atoms with Crippen molar-refractivity contribution in [2.24, 2.45) is 0 Å².